The minimum atomic E-state index is 0.0481. The van der Waals surface area contributed by atoms with Gasteiger partial charge in [-0.3, -0.25) is 0 Å². The summed E-state index contributed by atoms with van der Waals surface area (Å²) >= 11 is 0. The lowest BCUT2D eigenvalue weighted by Crippen LogP contribution is -2.26. The van der Waals surface area contributed by atoms with E-state index in [0.717, 1.165) is 0 Å². The first kappa shape index (κ1) is 18.1. The number of rotatable bonds is 1. The first-order valence-electron chi connectivity index (χ1n) is 9.40. The van der Waals surface area contributed by atoms with E-state index in [4.69, 9.17) is 0 Å². The molecule has 2 heteroatoms. The molecule has 0 unspecified atom stereocenters. The molecule has 0 saturated heterocycles. The van der Waals surface area contributed by atoms with Crippen LogP contribution in [0.1, 0.15) is 66.5 Å². The number of aromatic nitrogens is 1. The van der Waals surface area contributed by atoms with Crippen LogP contribution < -0.4 is 0 Å². The molecule has 132 valence electrons. The molecular formula is C23H32BN. The molecule has 0 amide bonds. The van der Waals surface area contributed by atoms with E-state index >= 15 is 0 Å². The molecule has 0 aliphatic heterocycles. The van der Waals surface area contributed by atoms with Crippen molar-refractivity contribution in [2.24, 2.45) is 0 Å². The van der Waals surface area contributed by atoms with Gasteiger partial charge in [-0.1, -0.05) is 53.7 Å². The van der Waals surface area contributed by atoms with Gasteiger partial charge >= 0.3 is 0 Å². The van der Waals surface area contributed by atoms with Gasteiger partial charge in [-0.2, -0.15) is 0 Å². The van der Waals surface area contributed by atoms with Gasteiger partial charge in [-0.15, -0.1) is 0 Å². The highest BCUT2D eigenvalue weighted by Crippen LogP contribution is 2.37. The van der Waals surface area contributed by atoms with Crippen molar-refractivity contribution in [3.8, 4) is 0 Å². The Morgan fingerprint density at radius 1 is 0.640 bits per heavy atom. The van der Waals surface area contributed by atoms with Gasteiger partial charge in [0, 0.05) is 27.2 Å². The van der Waals surface area contributed by atoms with Crippen molar-refractivity contribution in [1.29, 1.82) is 0 Å². The lowest BCUT2D eigenvalue weighted by Gasteiger charge is -2.25. The molecule has 0 fully saturated rings. The summed E-state index contributed by atoms with van der Waals surface area (Å²) in [6, 6.07) is 14.1. The summed E-state index contributed by atoms with van der Waals surface area (Å²) in [4.78, 5) is 0. The Morgan fingerprint density at radius 2 is 1.00 bits per heavy atom. The van der Waals surface area contributed by atoms with Crippen LogP contribution in [-0.4, -0.2) is 12.4 Å². The molecular weight excluding hydrogens is 301 g/mol. The predicted octanol–water partition coefficient (Wildman–Crippen LogP) is 5.72. The van der Waals surface area contributed by atoms with Gasteiger partial charge in [0.15, 0.2) is 0 Å². The van der Waals surface area contributed by atoms with E-state index in [1.165, 1.54) is 32.9 Å². The SMILES string of the molecule is BC(C)(C)n1c2ccc(C(C)(C)C)cc2c2cc(C(C)(C)C)ccc21. The van der Waals surface area contributed by atoms with Gasteiger partial charge in [-0.25, -0.2) is 0 Å². The first-order valence-corrected chi connectivity index (χ1v) is 9.40. The topological polar surface area (TPSA) is 4.93 Å². The van der Waals surface area contributed by atoms with Crippen LogP contribution in [0.5, 0.6) is 0 Å². The fourth-order valence-electron chi connectivity index (χ4n) is 3.68. The molecule has 0 N–H and O–H groups in total. The molecule has 0 aliphatic carbocycles. The van der Waals surface area contributed by atoms with E-state index < -0.39 is 0 Å². The van der Waals surface area contributed by atoms with Crippen molar-refractivity contribution in [1.82, 2.24) is 4.57 Å². The van der Waals surface area contributed by atoms with Gasteiger partial charge in [-0.05, 0) is 60.1 Å². The van der Waals surface area contributed by atoms with Crippen molar-refractivity contribution in [3.05, 3.63) is 47.5 Å². The highest BCUT2D eigenvalue weighted by atomic mass is 15.0. The largest absolute Gasteiger partial charge is 0.343 e. The van der Waals surface area contributed by atoms with Crippen LogP contribution in [0.15, 0.2) is 36.4 Å². The van der Waals surface area contributed by atoms with Crippen LogP contribution in [0, 0.1) is 0 Å². The second kappa shape index (κ2) is 5.40. The van der Waals surface area contributed by atoms with Crippen LogP contribution in [0.2, 0.25) is 0 Å². The molecule has 3 aromatic rings. The van der Waals surface area contributed by atoms with E-state index in [-0.39, 0.29) is 16.3 Å². The van der Waals surface area contributed by atoms with Gasteiger partial charge in [0.1, 0.15) is 7.85 Å². The van der Waals surface area contributed by atoms with E-state index in [0.29, 0.717) is 0 Å². The van der Waals surface area contributed by atoms with Gasteiger partial charge in [0.25, 0.3) is 0 Å². The molecule has 1 aromatic heterocycles. The van der Waals surface area contributed by atoms with Crippen LogP contribution in [0.25, 0.3) is 21.8 Å². The Kier molecular flexibility index (Phi) is 3.91. The molecule has 3 rings (SSSR count). The molecule has 0 saturated carbocycles. The minimum Gasteiger partial charge on any atom is -0.343 e. The highest BCUT2D eigenvalue weighted by Gasteiger charge is 2.24. The van der Waals surface area contributed by atoms with Crippen molar-refractivity contribution in [2.75, 3.05) is 0 Å². The Morgan fingerprint density at radius 3 is 1.28 bits per heavy atom. The Hall–Kier alpha value is -1.70. The Balaban J connectivity index is 2.47. The highest BCUT2D eigenvalue weighted by molar-refractivity contribution is 6.17. The summed E-state index contributed by atoms with van der Waals surface area (Å²) in [7, 11) is 2.29. The van der Waals surface area contributed by atoms with Crippen molar-refractivity contribution in [3.63, 3.8) is 0 Å². The second-order valence-corrected chi connectivity index (χ2v) is 10.5. The Labute approximate surface area is 153 Å². The number of benzene rings is 2. The smallest absolute Gasteiger partial charge is 0.134 e. The van der Waals surface area contributed by atoms with Crippen LogP contribution in [0.3, 0.4) is 0 Å². The molecule has 0 aliphatic rings. The zero-order valence-electron chi connectivity index (χ0n) is 17.4. The van der Waals surface area contributed by atoms with E-state index in [2.05, 4.69) is 104 Å². The lowest BCUT2D eigenvalue weighted by molar-refractivity contribution is 0.557. The third kappa shape index (κ3) is 3.12. The van der Waals surface area contributed by atoms with Crippen molar-refractivity contribution < 1.29 is 0 Å². The maximum absolute atomic E-state index is 2.50. The average molecular weight is 333 g/mol. The number of fused-ring (bicyclic) bond motifs is 3. The van der Waals surface area contributed by atoms with E-state index in [9.17, 15) is 0 Å². The fraction of sp³-hybridized carbons (Fsp3) is 0.478. The van der Waals surface area contributed by atoms with Gasteiger partial charge < -0.3 is 4.57 Å². The predicted molar refractivity (Wildman–Crippen MR) is 115 cm³/mol. The monoisotopic (exact) mass is 333 g/mol. The molecule has 25 heavy (non-hydrogen) atoms. The van der Waals surface area contributed by atoms with Crippen LogP contribution >= 0.6 is 0 Å². The molecule has 0 atom stereocenters. The summed E-state index contributed by atoms with van der Waals surface area (Å²) in [6.07, 6.45) is 0. The zero-order chi connectivity index (χ0) is 18.8. The maximum atomic E-state index is 2.50. The molecule has 1 nitrogen and oxygen atoms in total. The molecule has 0 bridgehead atoms. The summed E-state index contributed by atoms with van der Waals surface area (Å²) in [5.41, 5.74) is 5.83. The van der Waals surface area contributed by atoms with Crippen molar-refractivity contribution in [2.45, 2.75) is 71.7 Å². The average Bonchev–Trinajstić information content (AvgIpc) is 2.77. The zero-order valence-corrected chi connectivity index (χ0v) is 17.4. The molecule has 1 heterocycles. The normalized spacial score (nSPS) is 13.8. The number of hydrogen-bond acceptors (Lipinski definition) is 0. The van der Waals surface area contributed by atoms with Gasteiger partial charge in [0.05, 0.1) is 0 Å². The van der Waals surface area contributed by atoms with Crippen LogP contribution in [-0.2, 0) is 16.3 Å². The van der Waals surface area contributed by atoms with Gasteiger partial charge in [0.2, 0.25) is 0 Å². The standard InChI is InChI=1S/C23H32BN/c1-21(2,3)15-9-11-19-17(13-15)18-14-16(22(4,5)6)10-12-20(18)25(19)23(7,8)24/h9-14H,24H2,1-8H3. The quantitative estimate of drug-likeness (QED) is 0.502. The molecule has 0 spiro atoms. The summed E-state index contributed by atoms with van der Waals surface area (Å²) < 4.78 is 2.50. The molecule has 0 radical (unpaired) electrons. The van der Waals surface area contributed by atoms with Crippen molar-refractivity contribution >= 4 is 29.7 Å². The van der Waals surface area contributed by atoms with E-state index in [1.807, 2.05) is 0 Å². The first-order chi connectivity index (χ1) is 11.3. The second-order valence-electron chi connectivity index (χ2n) is 10.5. The summed E-state index contributed by atoms with van der Waals surface area (Å²) in [5.74, 6) is 0. The van der Waals surface area contributed by atoms with Crippen LogP contribution in [0.4, 0.5) is 0 Å². The summed E-state index contributed by atoms with van der Waals surface area (Å²) in [5, 5.41) is 2.76. The number of hydrogen-bond donors (Lipinski definition) is 0. The third-order valence-corrected chi connectivity index (χ3v) is 5.17. The van der Waals surface area contributed by atoms with E-state index in [1.54, 1.807) is 0 Å². The fourth-order valence-corrected chi connectivity index (χ4v) is 3.68. The lowest BCUT2D eigenvalue weighted by atomic mass is 9.81. The minimum absolute atomic E-state index is 0.0481. The maximum Gasteiger partial charge on any atom is 0.134 e. The third-order valence-electron chi connectivity index (χ3n) is 5.17. The summed E-state index contributed by atoms with van der Waals surface area (Å²) in [6.45, 7) is 18.3. The Bertz CT molecular complexity index is 869. The molecule has 2 aromatic carbocycles. The number of nitrogens with zero attached hydrogens (tertiary/aromatic N) is 1.